The Morgan fingerprint density at radius 3 is 1.19 bits per heavy atom. The highest BCUT2D eigenvalue weighted by atomic mass is 32.1. The van der Waals surface area contributed by atoms with E-state index in [4.69, 9.17) is 0 Å². The van der Waals surface area contributed by atoms with E-state index in [9.17, 15) is 0 Å². The largest absolute Gasteiger partial charge is 0.143 e. The Hall–Kier alpha value is -1.29. The fourth-order valence-corrected chi connectivity index (χ4v) is 2.06. The van der Waals surface area contributed by atoms with Crippen molar-refractivity contribution in [3.05, 3.63) is 78.9 Å². The average Bonchev–Trinajstić information content (AvgIpc) is 3.10. The van der Waals surface area contributed by atoms with E-state index in [1.54, 1.807) is 0 Å². The summed E-state index contributed by atoms with van der Waals surface area (Å²) in [6, 6.07) is 26.0. The lowest BCUT2D eigenvalue weighted by Gasteiger charge is -1.91. The van der Waals surface area contributed by atoms with Crippen LogP contribution < -0.4 is 0 Å². The zero-order valence-corrected chi connectivity index (χ0v) is 14.0. The van der Waals surface area contributed by atoms with Gasteiger partial charge in [0.15, 0.2) is 0 Å². The molecule has 21 heavy (non-hydrogen) atoms. The summed E-state index contributed by atoms with van der Waals surface area (Å²) < 4.78 is 0. The van der Waals surface area contributed by atoms with E-state index >= 15 is 0 Å². The van der Waals surface area contributed by atoms with Crippen LogP contribution in [0, 0.1) is 0 Å². The van der Waals surface area contributed by atoms with Crippen LogP contribution in [0.25, 0.3) is 11.1 Å². The van der Waals surface area contributed by atoms with Gasteiger partial charge in [0.2, 0.25) is 0 Å². The number of fused-ring (bicyclic) bond motifs is 1. The van der Waals surface area contributed by atoms with Crippen LogP contribution in [0.15, 0.2) is 93.5 Å². The number of thiol groups is 3. The molecule has 2 aromatic carbocycles. The lowest BCUT2D eigenvalue weighted by molar-refractivity contribution is 1.27. The molecule has 0 unspecified atom stereocenters. The van der Waals surface area contributed by atoms with Gasteiger partial charge >= 0.3 is 0 Å². The van der Waals surface area contributed by atoms with Crippen molar-refractivity contribution >= 4 is 37.9 Å². The van der Waals surface area contributed by atoms with E-state index in [1.165, 1.54) is 11.1 Å². The van der Waals surface area contributed by atoms with Crippen LogP contribution in [-0.2, 0) is 0 Å². The minimum atomic E-state index is 0.927. The maximum atomic E-state index is 4.12. The number of hydrogen-bond acceptors (Lipinski definition) is 3. The Kier molecular flexibility index (Phi) is 6.30. The van der Waals surface area contributed by atoms with E-state index in [0.717, 1.165) is 14.7 Å². The van der Waals surface area contributed by atoms with Gasteiger partial charge in [-0.25, -0.2) is 0 Å². The zero-order chi connectivity index (χ0) is 15.1. The van der Waals surface area contributed by atoms with E-state index in [1.807, 2.05) is 54.6 Å². The molecule has 0 heterocycles. The van der Waals surface area contributed by atoms with Crippen molar-refractivity contribution in [3.8, 4) is 11.1 Å². The number of rotatable bonds is 0. The first-order chi connectivity index (χ1) is 10.2. The highest BCUT2D eigenvalue weighted by molar-refractivity contribution is 7.83. The Labute approximate surface area is 142 Å². The summed E-state index contributed by atoms with van der Waals surface area (Å²) in [5.41, 5.74) is 2.85. The van der Waals surface area contributed by atoms with Gasteiger partial charge in [0.05, 0.1) is 0 Å². The first kappa shape index (κ1) is 16.1. The minimum absolute atomic E-state index is 0.927. The van der Waals surface area contributed by atoms with Crippen molar-refractivity contribution in [2.24, 2.45) is 0 Å². The lowest BCUT2D eigenvalue weighted by atomic mass is 10.4. The van der Waals surface area contributed by atoms with Crippen molar-refractivity contribution in [1.82, 2.24) is 0 Å². The van der Waals surface area contributed by atoms with Crippen molar-refractivity contribution in [3.63, 3.8) is 0 Å². The Balaban J connectivity index is 0.000000116. The molecule has 0 spiro atoms. The van der Waals surface area contributed by atoms with Gasteiger partial charge in [-0.2, -0.15) is 0 Å². The van der Waals surface area contributed by atoms with Gasteiger partial charge in [-0.3, -0.25) is 0 Å². The molecule has 0 N–H and O–H groups in total. The summed E-state index contributed by atoms with van der Waals surface area (Å²) >= 11 is 12.3. The van der Waals surface area contributed by atoms with E-state index in [0.29, 0.717) is 0 Å². The fraction of sp³-hybridized carbons (Fsp3) is 0. The second kappa shape index (κ2) is 8.23. The first-order valence-corrected chi connectivity index (χ1v) is 7.82. The van der Waals surface area contributed by atoms with Gasteiger partial charge in [-0.1, -0.05) is 48.5 Å². The van der Waals surface area contributed by atoms with Crippen molar-refractivity contribution < 1.29 is 0 Å². The summed E-state index contributed by atoms with van der Waals surface area (Å²) in [5, 5.41) is 0. The molecule has 0 nitrogen and oxygen atoms in total. The second-order valence-electron chi connectivity index (χ2n) is 4.41. The molecule has 3 heteroatoms. The first-order valence-electron chi connectivity index (χ1n) is 6.48. The van der Waals surface area contributed by atoms with Gasteiger partial charge in [-0.15, -0.1) is 37.9 Å². The summed E-state index contributed by atoms with van der Waals surface area (Å²) in [6.07, 6.45) is 0. The molecule has 0 saturated heterocycles. The summed E-state index contributed by atoms with van der Waals surface area (Å²) in [7, 11) is 0. The molecule has 0 saturated carbocycles. The van der Waals surface area contributed by atoms with Crippen LogP contribution in [0.3, 0.4) is 0 Å². The van der Waals surface area contributed by atoms with Gasteiger partial charge in [0.1, 0.15) is 0 Å². The molecule has 2 aromatic rings. The topological polar surface area (TPSA) is 0 Å². The molecule has 2 aliphatic carbocycles. The van der Waals surface area contributed by atoms with Crippen LogP contribution in [0.5, 0.6) is 0 Å². The maximum Gasteiger partial charge on any atom is 0.0174 e. The smallest absolute Gasteiger partial charge is 0.0174 e. The summed E-state index contributed by atoms with van der Waals surface area (Å²) in [5.74, 6) is 0. The highest BCUT2D eigenvalue weighted by Crippen LogP contribution is 2.32. The van der Waals surface area contributed by atoms with Crippen molar-refractivity contribution in [2.75, 3.05) is 0 Å². The molecular weight excluding hydrogens is 312 g/mol. The lowest BCUT2D eigenvalue weighted by Crippen LogP contribution is -1.65. The Morgan fingerprint density at radius 1 is 0.476 bits per heavy atom. The van der Waals surface area contributed by atoms with Gasteiger partial charge in [-0.05, 0) is 41.5 Å². The second-order valence-corrected chi connectivity index (χ2v) is 5.89. The molecule has 0 radical (unpaired) electrons. The summed E-state index contributed by atoms with van der Waals surface area (Å²) in [6.45, 7) is 0. The molecule has 0 bridgehead atoms. The molecule has 106 valence electrons. The molecule has 0 atom stereocenters. The molecule has 4 rings (SSSR count). The van der Waals surface area contributed by atoms with E-state index < -0.39 is 0 Å². The van der Waals surface area contributed by atoms with Crippen molar-refractivity contribution in [1.29, 1.82) is 0 Å². The standard InChI is InChI=1S/C6H6S2.C6H6S.C6H4/c7-5-3-1-2-4-6(5)8;7-6-4-2-1-3-5-6;1-2-5-4-6(5)3-1/h1-4,7-8H;1-5,7H;1-4H. The number of benzene rings is 3. The third-order valence-corrected chi connectivity index (χ3v) is 4.00. The van der Waals surface area contributed by atoms with Gasteiger partial charge in [0.25, 0.3) is 0 Å². The third-order valence-electron chi connectivity index (χ3n) is 2.75. The van der Waals surface area contributed by atoms with Gasteiger partial charge < -0.3 is 0 Å². The van der Waals surface area contributed by atoms with Crippen LogP contribution in [0.1, 0.15) is 0 Å². The minimum Gasteiger partial charge on any atom is -0.143 e. The molecule has 0 fully saturated rings. The fourth-order valence-electron chi connectivity index (χ4n) is 1.57. The zero-order valence-electron chi connectivity index (χ0n) is 11.3. The van der Waals surface area contributed by atoms with E-state index in [2.05, 4.69) is 62.2 Å². The highest BCUT2D eigenvalue weighted by Gasteiger charge is 2.06. The van der Waals surface area contributed by atoms with Crippen LogP contribution in [-0.4, -0.2) is 0 Å². The van der Waals surface area contributed by atoms with Crippen molar-refractivity contribution in [2.45, 2.75) is 14.7 Å². The monoisotopic (exact) mass is 328 g/mol. The predicted octanol–water partition coefficient (Wildman–Crippen LogP) is 5.91. The molecule has 2 aliphatic rings. The quantitative estimate of drug-likeness (QED) is 0.329. The van der Waals surface area contributed by atoms with Crippen LogP contribution in [0.2, 0.25) is 0 Å². The normalized spacial score (nSPS) is 9.67. The molecule has 0 aliphatic heterocycles. The molecule has 0 amide bonds. The third kappa shape index (κ3) is 5.92. The number of hydrogen-bond donors (Lipinski definition) is 3. The van der Waals surface area contributed by atoms with E-state index in [-0.39, 0.29) is 0 Å². The Morgan fingerprint density at radius 2 is 0.952 bits per heavy atom. The SMILES string of the molecule is Sc1ccccc1.Sc1ccccc1S.c1cc2cc-2c1. The average molecular weight is 329 g/mol. The maximum absolute atomic E-state index is 4.12. The van der Waals surface area contributed by atoms with Crippen LogP contribution in [0.4, 0.5) is 0 Å². The predicted molar refractivity (Wildman–Crippen MR) is 100 cm³/mol. The van der Waals surface area contributed by atoms with Gasteiger partial charge in [0, 0.05) is 14.7 Å². The molecular formula is C18H16S3. The molecule has 0 aromatic heterocycles. The van der Waals surface area contributed by atoms with Crippen LogP contribution >= 0.6 is 37.9 Å². The summed E-state index contributed by atoms with van der Waals surface area (Å²) in [4.78, 5) is 2.87. The Bertz CT molecular complexity index is 655.